The first-order valence-corrected chi connectivity index (χ1v) is 9.98. The molecule has 0 bridgehead atoms. The SMILES string of the molecule is CCC1CCCN1C(=O)c1cc(Br)cc(S(=O)(=O)Cl)c1Cl. The van der Waals surface area contributed by atoms with Gasteiger partial charge in [-0.3, -0.25) is 4.79 Å². The van der Waals surface area contributed by atoms with Crippen molar-refractivity contribution in [3.63, 3.8) is 0 Å². The molecule has 8 heteroatoms. The normalized spacial score (nSPS) is 19.0. The molecule has 1 atom stereocenters. The Balaban J connectivity index is 2.49. The van der Waals surface area contributed by atoms with E-state index >= 15 is 0 Å². The van der Waals surface area contributed by atoms with Crippen molar-refractivity contribution < 1.29 is 13.2 Å². The summed E-state index contributed by atoms with van der Waals surface area (Å²) in [7, 11) is 1.36. The van der Waals surface area contributed by atoms with E-state index in [1.165, 1.54) is 12.1 Å². The van der Waals surface area contributed by atoms with Gasteiger partial charge in [-0.25, -0.2) is 8.42 Å². The lowest BCUT2D eigenvalue weighted by atomic mass is 10.1. The van der Waals surface area contributed by atoms with Crippen molar-refractivity contribution in [3.8, 4) is 0 Å². The fourth-order valence-corrected chi connectivity index (χ4v) is 4.76. The van der Waals surface area contributed by atoms with Gasteiger partial charge in [0.2, 0.25) is 0 Å². The lowest BCUT2D eigenvalue weighted by molar-refractivity contribution is 0.0733. The highest BCUT2D eigenvalue weighted by Crippen LogP contribution is 2.33. The van der Waals surface area contributed by atoms with Crippen molar-refractivity contribution >= 4 is 53.2 Å². The molecule has 4 nitrogen and oxygen atoms in total. The molecule has 0 radical (unpaired) electrons. The van der Waals surface area contributed by atoms with Crippen LogP contribution in [-0.4, -0.2) is 31.8 Å². The Hall–Kier alpha value is -0.300. The Morgan fingerprint density at radius 2 is 2.14 bits per heavy atom. The van der Waals surface area contributed by atoms with E-state index < -0.39 is 9.05 Å². The Labute approximate surface area is 142 Å². The average molecular weight is 415 g/mol. The molecular weight excluding hydrogens is 401 g/mol. The molecule has 116 valence electrons. The number of likely N-dealkylation sites (tertiary alicyclic amines) is 1. The van der Waals surface area contributed by atoms with Crippen LogP contribution in [0.1, 0.15) is 36.5 Å². The second-order valence-electron chi connectivity index (χ2n) is 4.91. The number of hydrogen-bond acceptors (Lipinski definition) is 3. The zero-order valence-electron chi connectivity index (χ0n) is 11.3. The van der Waals surface area contributed by atoms with Gasteiger partial charge in [0.05, 0.1) is 10.6 Å². The Kier molecular flexibility index (Phi) is 5.23. The van der Waals surface area contributed by atoms with E-state index in [2.05, 4.69) is 15.9 Å². The molecular formula is C13H14BrCl2NO3S. The summed E-state index contributed by atoms with van der Waals surface area (Å²) in [6.45, 7) is 2.68. The van der Waals surface area contributed by atoms with E-state index in [1.54, 1.807) is 4.90 Å². The van der Waals surface area contributed by atoms with Gasteiger partial charge in [0, 0.05) is 27.7 Å². The number of hydrogen-bond donors (Lipinski definition) is 0. The van der Waals surface area contributed by atoms with Crippen LogP contribution in [0.3, 0.4) is 0 Å². The van der Waals surface area contributed by atoms with Crippen molar-refractivity contribution in [1.82, 2.24) is 4.90 Å². The summed E-state index contributed by atoms with van der Waals surface area (Å²) in [5.74, 6) is -0.257. The van der Waals surface area contributed by atoms with Gasteiger partial charge in [0.25, 0.3) is 15.0 Å². The minimum absolute atomic E-state index is 0.125. The van der Waals surface area contributed by atoms with Crippen LogP contribution >= 0.6 is 38.2 Å². The highest BCUT2D eigenvalue weighted by atomic mass is 79.9. The number of halogens is 3. The van der Waals surface area contributed by atoms with Gasteiger partial charge in [0.1, 0.15) is 4.90 Å². The van der Waals surface area contributed by atoms with Crippen molar-refractivity contribution in [2.45, 2.75) is 37.1 Å². The minimum atomic E-state index is -4.02. The molecule has 1 aromatic carbocycles. The van der Waals surface area contributed by atoms with Gasteiger partial charge in [0.15, 0.2) is 0 Å². The highest BCUT2D eigenvalue weighted by molar-refractivity contribution is 9.10. The molecule has 0 N–H and O–H groups in total. The monoisotopic (exact) mass is 413 g/mol. The summed E-state index contributed by atoms with van der Waals surface area (Å²) in [6, 6.07) is 2.99. The highest BCUT2D eigenvalue weighted by Gasteiger charge is 2.31. The molecule has 1 fully saturated rings. The summed E-state index contributed by atoms with van der Waals surface area (Å²) in [5.41, 5.74) is 0.158. The van der Waals surface area contributed by atoms with E-state index in [0.29, 0.717) is 11.0 Å². The topological polar surface area (TPSA) is 54.5 Å². The lowest BCUT2D eigenvalue weighted by Gasteiger charge is -2.24. The number of amides is 1. The van der Waals surface area contributed by atoms with Crippen LogP contribution in [-0.2, 0) is 9.05 Å². The summed E-state index contributed by atoms with van der Waals surface area (Å²) in [4.78, 5) is 14.1. The number of nitrogens with zero attached hydrogens (tertiary/aromatic N) is 1. The first kappa shape index (κ1) is 17.1. The van der Waals surface area contributed by atoms with Gasteiger partial charge in [-0.05, 0) is 31.4 Å². The van der Waals surface area contributed by atoms with Crippen LogP contribution in [0.5, 0.6) is 0 Å². The maximum atomic E-state index is 12.7. The van der Waals surface area contributed by atoms with Gasteiger partial charge in [-0.1, -0.05) is 34.5 Å². The summed E-state index contributed by atoms with van der Waals surface area (Å²) < 4.78 is 23.6. The largest absolute Gasteiger partial charge is 0.336 e. The molecule has 1 amide bonds. The maximum Gasteiger partial charge on any atom is 0.262 e. The molecule has 2 rings (SSSR count). The second kappa shape index (κ2) is 6.44. The lowest BCUT2D eigenvalue weighted by Crippen LogP contribution is -2.35. The van der Waals surface area contributed by atoms with Crippen molar-refractivity contribution in [1.29, 1.82) is 0 Å². The molecule has 1 aliphatic rings. The fourth-order valence-electron chi connectivity index (χ4n) is 2.58. The van der Waals surface area contributed by atoms with E-state index in [1.807, 2.05) is 6.92 Å². The Morgan fingerprint density at radius 3 is 2.71 bits per heavy atom. The average Bonchev–Trinajstić information content (AvgIpc) is 2.87. The number of carbonyl (C=O) groups excluding carboxylic acids is 1. The van der Waals surface area contributed by atoms with Gasteiger partial charge in [-0.15, -0.1) is 0 Å². The molecule has 1 aromatic rings. The van der Waals surface area contributed by atoms with Crippen LogP contribution in [0, 0.1) is 0 Å². The molecule has 1 aliphatic heterocycles. The van der Waals surface area contributed by atoms with Crippen LogP contribution < -0.4 is 0 Å². The Morgan fingerprint density at radius 1 is 1.48 bits per heavy atom. The third-order valence-electron chi connectivity index (χ3n) is 3.61. The van der Waals surface area contributed by atoms with E-state index in [4.69, 9.17) is 22.3 Å². The van der Waals surface area contributed by atoms with Gasteiger partial charge in [-0.2, -0.15) is 0 Å². The van der Waals surface area contributed by atoms with E-state index in [9.17, 15) is 13.2 Å². The molecule has 21 heavy (non-hydrogen) atoms. The van der Waals surface area contributed by atoms with Crippen LogP contribution in [0.25, 0.3) is 0 Å². The number of rotatable bonds is 3. The first-order chi connectivity index (χ1) is 9.75. The van der Waals surface area contributed by atoms with Crippen LogP contribution in [0.15, 0.2) is 21.5 Å². The second-order valence-corrected chi connectivity index (χ2v) is 8.73. The smallest absolute Gasteiger partial charge is 0.262 e. The Bertz CT molecular complexity index is 678. The first-order valence-electron chi connectivity index (χ1n) is 6.50. The number of benzene rings is 1. The van der Waals surface area contributed by atoms with Crippen molar-refractivity contribution in [2.24, 2.45) is 0 Å². The molecule has 0 spiro atoms. The quantitative estimate of drug-likeness (QED) is 0.701. The number of carbonyl (C=O) groups is 1. The van der Waals surface area contributed by atoms with E-state index in [0.717, 1.165) is 19.3 Å². The zero-order chi connectivity index (χ0) is 15.8. The van der Waals surface area contributed by atoms with Crippen LogP contribution in [0.4, 0.5) is 0 Å². The molecule has 0 aromatic heterocycles. The molecule has 1 saturated heterocycles. The molecule has 0 aliphatic carbocycles. The van der Waals surface area contributed by atoms with Gasteiger partial charge < -0.3 is 4.90 Å². The molecule has 0 saturated carbocycles. The summed E-state index contributed by atoms with van der Waals surface area (Å²) >= 11 is 9.29. The summed E-state index contributed by atoms with van der Waals surface area (Å²) in [6.07, 6.45) is 2.75. The molecule has 1 heterocycles. The predicted octanol–water partition coefficient (Wildman–Crippen LogP) is 4.04. The minimum Gasteiger partial charge on any atom is -0.336 e. The maximum absolute atomic E-state index is 12.7. The van der Waals surface area contributed by atoms with Gasteiger partial charge >= 0.3 is 0 Å². The van der Waals surface area contributed by atoms with Crippen molar-refractivity contribution in [3.05, 3.63) is 27.2 Å². The zero-order valence-corrected chi connectivity index (χ0v) is 15.2. The standard InChI is InChI=1S/C13H14BrCl2NO3S/c1-2-9-4-3-5-17(9)13(18)10-6-8(14)7-11(12(10)15)21(16,19)20/h6-7,9H,2-5H2,1H3. The molecule has 1 unspecified atom stereocenters. The van der Waals surface area contributed by atoms with E-state index in [-0.39, 0.29) is 27.4 Å². The summed E-state index contributed by atoms with van der Waals surface area (Å²) in [5, 5.41) is -0.125. The van der Waals surface area contributed by atoms with Crippen LogP contribution in [0.2, 0.25) is 5.02 Å². The predicted molar refractivity (Wildman–Crippen MR) is 86.5 cm³/mol. The third-order valence-corrected chi connectivity index (χ3v) is 5.93. The van der Waals surface area contributed by atoms with Crippen molar-refractivity contribution in [2.75, 3.05) is 6.54 Å². The fraction of sp³-hybridized carbons (Fsp3) is 0.462. The third kappa shape index (κ3) is 3.55.